The molecular weight excluding hydrogens is 222 g/mol. The van der Waals surface area contributed by atoms with Gasteiger partial charge >= 0.3 is 0 Å². The van der Waals surface area contributed by atoms with Crippen molar-refractivity contribution in [3.63, 3.8) is 0 Å². The average Bonchev–Trinajstić information content (AvgIpc) is 2.38. The number of methoxy groups -OCH3 is 1. The van der Waals surface area contributed by atoms with Gasteiger partial charge in [0.15, 0.2) is 0 Å². The zero-order valence-electron chi connectivity index (χ0n) is 11.0. The van der Waals surface area contributed by atoms with E-state index in [9.17, 15) is 0 Å². The van der Waals surface area contributed by atoms with Gasteiger partial charge in [0.25, 0.3) is 0 Å². The van der Waals surface area contributed by atoms with E-state index in [2.05, 4.69) is 42.2 Å². The molecule has 0 bridgehead atoms. The number of hydrogen-bond donors (Lipinski definition) is 1. The summed E-state index contributed by atoms with van der Waals surface area (Å²) < 4.78 is 5.29. The third kappa shape index (κ3) is 2.83. The Labute approximate surface area is 108 Å². The Hall–Kier alpha value is -1.96. The third-order valence-corrected chi connectivity index (χ3v) is 3.00. The number of rotatable bonds is 5. The maximum Gasteiger partial charge on any atom is 0.119 e. The summed E-state index contributed by atoms with van der Waals surface area (Å²) in [7, 11) is 1.70. The lowest BCUT2D eigenvalue weighted by atomic mass is 10.0. The number of allylic oxidation sites excluding steroid dienone is 1. The summed E-state index contributed by atoms with van der Waals surface area (Å²) in [6, 6.07) is 12.6. The Morgan fingerprint density at radius 2 is 2.11 bits per heavy atom. The summed E-state index contributed by atoms with van der Waals surface area (Å²) in [5, 5.41) is 5.78. The van der Waals surface area contributed by atoms with E-state index in [1.807, 2.05) is 13.0 Å². The van der Waals surface area contributed by atoms with E-state index in [4.69, 9.17) is 4.74 Å². The first-order chi connectivity index (χ1) is 8.70. The Balaban J connectivity index is 2.28. The van der Waals surface area contributed by atoms with Crippen molar-refractivity contribution < 1.29 is 4.74 Å². The van der Waals surface area contributed by atoms with Crippen LogP contribution in [0.1, 0.15) is 12.5 Å². The lowest BCUT2D eigenvalue weighted by molar-refractivity contribution is 0.415. The van der Waals surface area contributed by atoms with Crippen LogP contribution in [0.3, 0.4) is 0 Å². The van der Waals surface area contributed by atoms with Crippen LogP contribution in [0.15, 0.2) is 48.7 Å². The van der Waals surface area contributed by atoms with Crippen molar-refractivity contribution in [1.82, 2.24) is 5.32 Å². The van der Waals surface area contributed by atoms with Crippen molar-refractivity contribution in [3.05, 3.63) is 54.2 Å². The number of benzene rings is 2. The van der Waals surface area contributed by atoms with Crippen LogP contribution in [0, 0.1) is 0 Å². The van der Waals surface area contributed by atoms with Crippen molar-refractivity contribution in [2.45, 2.75) is 13.3 Å². The van der Waals surface area contributed by atoms with Gasteiger partial charge in [-0.1, -0.05) is 30.8 Å². The molecule has 0 saturated heterocycles. The molecule has 0 radical (unpaired) electrons. The number of nitrogens with one attached hydrogen (secondary N) is 1. The minimum Gasteiger partial charge on any atom is -0.497 e. The molecule has 0 fully saturated rings. The second-order valence-electron chi connectivity index (χ2n) is 4.46. The van der Waals surface area contributed by atoms with E-state index in [1.165, 1.54) is 16.3 Å². The lowest BCUT2D eigenvalue weighted by Gasteiger charge is -2.09. The second kappa shape index (κ2) is 5.58. The van der Waals surface area contributed by atoms with Gasteiger partial charge in [-0.15, -0.1) is 0 Å². The highest BCUT2D eigenvalue weighted by Crippen LogP contribution is 2.24. The minimum absolute atomic E-state index is 0.905. The maximum absolute atomic E-state index is 5.29. The van der Waals surface area contributed by atoms with Crippen LogP contribution in [-0.4, -0.2) is 13.7 Å². The molecule has 94 valence electrons. The summed E-state index contributed by atoms with van der Waals surface area (Å²) in [5.41, 5.74) is 2.34. The Morgan fingerprint density at radius 1 is 1.28 bits per heavy atom. The fourth-order valence-corrected chi connectivity index (χ4v) is 2.07. The molecule has 0 aliphatic heterocycles. The summed E-state index contributed by atoms with van der Waals surface area (Å²) >= 11 is 0. The van der Waals surface area contributed by atoms with Crippen LogP contribution >= 0.6 is 0 Å². The highest BCUT2D eigenvalue weighted by molar-refractivity contribution is 5.87. The van der Waals surface area contributed by atoms with Gasteiger partial charge in [0.1, 0.15) is 5.75 Å². The van der Waals surface area contributed by atoms with Gasteiger partial charge in [-0.3, -0.25) is 0 Å². The van der Waals surface area contributed by atoms with Crippen LogP contribution in [0.5, 0.6) is 5.75 Å². The molecule has 0 aromatic heterocycles. The normalized spacial score (nSPS) is 10.3. The topological polar surface area (TPSA) is 21.3 Å². The molecule has 0 unspecified atom stereocenters. The van der Waals surface area contributed by atoms with E-state index in [-0.39, 0.29) is 0 Å². The summed E-state index contributed by atoms with van der Waals surface area (Å²) in [6.07, 6.45) is 0.983. The molecule has 2 aromatic carbocycles. The Kier molecular flexibility index (Phi) is 3.88. The first-order valence-corrected chi connectivity index (χ1v) is 6.16. The van der Waals surface area contributed by atoms with Crippen LogP contribution in [0.2, 0.25) is 0 Å². The molecule has 0 saturated carbocycles. The number of fused-ring (bicyclic) bond motifs is 1. The quantitative estimate of drug-likeness (QED) is 0.865. The predicted octanol–water partition coefficient (Wildman–Crippen LogP) is 3.51. The summed E-state index contributed by atoms with van der Waals surface area (Å²) in [6.45, 7) is 6.73. The Morgan fingerprint density at radius 3 is 2.83 bits per heavy atom. The van der Waals surface area contributed by atoms with E-state index in [0.717, 1.165) is 24.4 Å². The van der Waals surface area contributed by atoms with E-state index in [0.29, 0.717) is 0 Å². The van der Waals surface area contributed by atoms with E-state index in [1.54, 1.807) is 7.11 Å². The second-order valence-corrected chi connectivity index (χ2v) is 4.46. The van der Waals surface area contributed by atoms with Crippen molar-refractivity contribution in [1.29, 1.82) is 0 Å². The SMILES string of the molecule is C=C(C)NCCc1cccc2ccc(OC)cc12. The zero-order valence-corrected chi connectivity index (χ0v) is 11.0. The van der Waals surface area contributed by atoms with Crippen LogP contribution in [-0.2, 0) is 6.42 Å². The first kappa shape index (κ1) is 12.5. The van der Waals surface area contributed by atoms with E-state index >= 15 is 0 Å². The molecule has 0 aliphatic rings. The number of hydrogen-bond acceptors (Lipinski definition) is 2. The van der Waals surface area contributed by atoms with Gasteiger partial charge < -0.3 is 10.1 Å². The lowest BCUT2D eigenvalue weighted by Crippen LogP contribution is -2.13. The highest BCUT2D eigenvalue weighted by atomic mass is 16.5. The standard InChI is InChI=1S/C16H19NO/c1-12(2)17-10-9-14-6-4-5-13-7-8-15(18-3)11-16(13)14/h4-8,11,17H,1,9-10H2,2-3H3. The summed E-state index contributed by atoms with van der Waals surface area (Å²) in [5.74, 6) is 0.905. The van der Waals surface area contributed by atoms with Crippen LogP contribution < -0.4 is 10.1 Å². The molecule has 0 spiro atoms. The molecule has 2 aromatic rings. The molecule has 0 atom stereocenters. The smallest absolute Gasteiger partial charge is 0.119 e. The largest absolute Gasteiger partial charge is 0.497 e. The van der Waals surface area contributed by atoms with Gasteiger partial charge in [0, 0.05) is 12.2 Å². The molecule has 18 heavy (non-hydrogen) atoms. The fourth-order valence-electron chi connectivity index (χ4n) is 2.07. The van der Waals surface area contributed by atoms with Gasteiger partial charge in [-0.2, -0.15) is 0 Å². The minimum atomic E-state index is 0.905. The van der Waals surface area contributed by atoms with E-state index < -0.39 is 0 Å². The van der Waals surface area contributed by atoms with Gasteiger partial charge in [0.05, 0.1) is 7.11 Å². The third-order valence-electron chi connectivity index (χ3n) is 3.00. The molecule has 2 heteroatoms. The molecule has 0 aliphatic carbocycles. The molecule has 1 N–H and O–H groups in total. The van der Waals surface area contributed by atoms with Gasteiger partial charge in [-0.25, -0.2) is 0 Å². The maximum atomic E-state index is 5.29. The van der Waals surface area contributed by atoms with Crippen molar-refractivity contribution >= 4 is 10.8 Å². The number of ether oxygens (including phenoxy) is 1. The summed E-state index contributed by atoms with van der Waals surface area (Å²) in [4.78, 5) is 0. The predicted molar refractivity (Wildman–Crippen MR) is 77.0 cm³/mol. The van der Waals surface area contributed by atoms with Gasteiger partial charge in [-0.05, 0) is 41.8 Å². The first-order valence-electron chi connectivity index (χ1n) is 6.16. The highest BCUT2D eigenvalue weighted by Gasteiger charge is 2.02. The fraction of sp³-hybridized carbons (Fsp3) is 0.250. The average molecular weight is 241 g/mol. The van der Waals surface area contributed by atoms with Crippen LogP contribution in [0.25, 0.3) is 10.8 Å². The molecule has 2 nitrogen and oxygen atoms in total. The zero-order chi connectivity index (χ0) is 13.0. The monoisotopic (exact) mass is 241 g/mol. The molecule has 0 amide bonds. The van der Waals surface area contributed by atoms with Crippen molar-refractivity contribution in [2.24, 2.45) is 0 Å². The van der Waals surface area contributed by atoms with Gasteiger partial charge in [0.2, 0.25) is 0 Å². The van der Waals surface area contributed by atoms with Crippen LogP contribution in [0.4, 0.5) is 0 Å². The Bertz CT molecular complexity index is 560. The molecule has 2 rings (SSSR count). The molecular formula is C16H19NO. The molecule has 0 heterocycles. The van der Waals surface area contributed by atoms with Crippen molar-refractivity contribution in [3.8, 4) is 5.75 Å². The van der Waals surface area contributed by atoms with Crippen molar-refractivity contribution in [2.75, 3.05) is 13.7 Å².